The largest absolute Gasteiger partial charge is 0.344 e. The summed E-state index contributed by atoms with van der Waals surface area (Å²) in [7, 11) is 2.12. The number of carbonyl (C=O) groups excluding carboxylic acids is 1. The third-order valence-electron chi connectivity index (χ3n) is 2.44. The molecule has 0 atom stereocenters. The molecule has 3 nitrogen and oxygen atoms in total. The second-order valence-electron chi connectivity index (χ2n) is 3.68. The van der Waals surface area contributed by atoms with Gasteiger partial charge in [0.2, 0.25) is 6.41 Å². The fraction of sp³-hybridized carbons (Fsp3) is 0.857. The predicted molar refractivity (Wildman–Crippen MR) is 37.6 cm³/mol. The van der Waals surface area contributed by atoms with Gasteiger partial charge in [0, 0.05) is 31.6 Å². The second-order valence-corrected chi connectivity index (χ2v) is 3.68. The van der Waals surface area contributed by atoms with Gasteiger partial charge in [-0.2, -0.15) is 0 Å². The Balaban J connectivity index is 1.85. The normalized spacial score (nSPS) is 29.5. The van der Waals surface area contributed by atoms with E-state index in [0.29, 0.717) is 5.41 Å². The average molecular weight is 140 g/mol. The number of nitrogens with zero attached hydrogens (tertiary/aromatic N) is 2. The molecule has 2 aliphatic heterocycles. The number of rotatable bonds is 1. The van der Waals surface area contributed by atoms with Crippen LogP contribution in [0, 0.1) is 5.41 Å². The van der Waals surface area contributed by atoms with Crippen LogP contribution in [0.3, 0.4) is 0 Å². The van der Waals surface area contributed by atoms with Gasteiger partial charge in [-0.05, 0) is 7.05 Å². The molecule has 1 spiro atoms. The molecule has 10 heavy (non-hydrogen) atoms. The smallest absolute Gasteiger partial charge is 0.209 e. The van der Waals surface area contributed by atoms with Gasteiger partial charge in [-0.25, -0.2) is 0 Å². The van der Waals surface area contributed by atoms with Crippen LogP contribution in [0.25, 0.3) is 0 Å². The highest BCUT2D eigenvalue weighted by atomic mass is 16.1. The molecule has 2 rings (SSSR count). The summed E-state index contributed by atoms with van der Waals surface area (Å²) in [5.74, 6) is 0. The van der Waals surface area contributed by atoms with Crippen LogP contribution in [0.5, 0.6) is 0 Å². The SMILES string of the molecule is CN1CC2(C1)CN(C=O)C2. The molecule has 0 aliphatic carbocycles. The lowest BCUT2D eigenvalue weighted by molar-refractivity contribution is -0.143. The Morgan fingerprint density at radius 2 is 1.90 bits per heavy atom. The van der Waals surface area contributed by atoms with Gasteiger partial charge in [0.1, 0.15) is 0 Å². The van der Waals surface area contributed by atoms with Gasteiger partial charge < -0.3 is 9.80 Å². The first-order valence-corrected chi connectivity index (χ1v) is 3.62. The van der Waals surface area contributed by atoms with Crippen molar-refractivity contribution in [2.75, 3.05) is 33.2 Å². The molecule has 0 saturated carbocycles. The Kier molecular flexibility index (Phi) is 1.06. The van der Waals surface area contributed by atoms with Crippen molar-refractivity contribution < 1.29 is 4.79 Å². The third kappa shape index (κ3) is 0.669. The van der Waals surface area contributed by atoms with Gasteiger partial charge >= 0.3 is 0 Å². The number of amides is 1. The maximum absolute atomic E-state index is 10.2. The molecule has 2 fully saturated rings. The summed E-state index contributed by atoms with van der Waals surface area (Å²) in [5, 5.41) is 0. The van der Waals surface area contributed by atoms with Crippen molar-refractivity contribution in [2.45, 2.75) is 0 Å². The first kappa shape index (κ1) is 6.16. The zero-order chi connectivity index (χ0) is 7.19. The van der Waals surface area contributed by atoms with Gasteiger partial charge in [0.05, 0.1) is 0 Å². The van der Waals surface area contributed by atoms with Crippen molar-refractivity contribution in [2.24, 2.45) is 5.41 Å². The topological polar surface area (TPSA) is 23.6 Å². The van der Waals surface area contributed by atoms with Crippen molar-refractivity contribution in [1.82, 2.24) is 9.80 Å². The zero-order valence-corrected chi connectivity index (χ0v) is 6.21. The Bertz CT molecular complexity index is 155. The van der Waals surface area contributed by atoms with Crippen LogP contribution in [-0.2, 0) is 4.79 Å². The lowest BCUT2D eigenvalue weighted by atomic mass is 9.73. The van der Waals surface area contributed by atoms with Crippen LogP contribution >= 0.6 is 0 Å². The summed E-state index contributed by atoms with van der Waals surface area (Å²) < 4.78 is 0. The van der Waals surface area contributed by atoms with Crippen LogP contribution in [0.15, 0.2) is 0 Å². The highest BCUT2D eigenvalue weighted by Crippen LogP contribution is 2.37. The maximum atomic E-state index is 10.2. The summed E-state index contributed by atoms with van der Waals surface area (Å²) in [4.78, 5) is 14.3. The molecule has 2 heterocycles. The fourth-order valence-corrected chi connectivity index (χ4v) is 2.19. The van der Waals surface area contributed by atoms with E-state index in [0.717, 1.165) is 19.5 Å². The standard InChI is InChI=1S/C7H12N2O/c1-8-2-7(3-8)4-9(5-7)6-10/h6H,2-5H2,1H3. The summed E-state index contributed by atoms with van der Waals surface area (Å²) in [5.41, 5.74) is 0.510. The van der Waals surface area contributed by atoms with Crippen molar-refractivity contribution >= 4 is 6.41 Å². The first-order valence-electron chi connectivity index (χ1n) is 3.62. The van der Waals surface area contributed by atoms with E-state index >= 15 is 0 Å². The average Bonchev–Trinajstić information content (AvgIpc) is 1.74. The van der Waals surface area contributed by atoms with E-state index in [4.69, 9.17) is 0 Å². The molecule has 0 aromatic rings. The fourth-order valence-electron chi connectivity index (χ4n) is 2.19. The van der Waals surface area contributed by atoms with E-state index in [1.54, 1.807) is 0 Å². The number of hydrogen-bond donors (Lipinski definition) is 0. The van der Waals surface area contributed by atoms with Crippen molar-refractivity contribution in [1.29, 1.82) is 0 Å². The van der Waals surface area contributed by atoms with Crippen LogP contribution in [0.4, 0.5) is 0 Å². The highest BCUT2D eigenvalue weighted by molar-refractivity contribution is 5.49. The van der Waals surface area contributed by atoms with Gasteiger partial charge in [0.15, 0.2) is 0 Å². The molecule has 0 aromatic heterocycles. The van der Waals surface area contributed by atoms with Crippen LogP contribution in [0.2, 0.25) is 0 Å². The van der Waals surface area contributed by atoms with Gasteiger partial charge in [0.25, 0.3) is 0 Å². The minimum Gasteiger partial charge on any atom is -0.344 e. The highest BCUT2D eigenvalue weighted by Gasteiger charge is 2.49. The molecule has 0 aromatic carbocycles. The van der Waals surface area contributed by atoms with Gasteiger partial charge in [-0.15, -0.1) is 0 Å². The molecule has 0 N–H and O–H groups in total. The summed E-state index contributed by atoms with van der Waals surface area (Å²) >= 11 is 0. The molecule has 2 aliphatic rings. The predicted octanol–water partition coefficient (Wildman–Crippen LogP) is -0.610. The first-order chi connectivity index (χ1) is 4.74. The van der Waals surface area contributed by atoms with Gasteiger partial charge in [-0.3, -0.25) is 4.79 Å². The van der Waals surface area contributed by atoms with Crippen LogP contribution in [-0.4, -0.2) is 49.4 Å². The second kappa shape index (κ2) is 1.72. The number of hydrogen-bond acceptors (Lipinski definition) is 2. The Hall–Kier alpha value is -0.570. The summed E-state index contributed by atoms with van der Waals surface area (Å²) in [6.45, 7) is 4.33. The molecular weight excluding hydrogens is 128 g/mol. The molecular formula is C7H12N2O. The van der Waals surface area contributed by atoms with E-state index in [1.165, 1.54) is 13.1 Å². The molecule has 56 valence electrons. The van der Waals surface area contributed by atoms with Crippen molar-refractivity contribution in [3.05, 3.63) is 0 Å². The quantitative estimate of drug-likeness (QED) is 0.454. The number of likely N-dealkylation sites (tertiary alicyclic amines) is 2. The third-order valence-corrected chi connectivity index (χ3v) is 2.44. The Morgan fingerprint density at radius 1 is 1.30 bits per heavy atom. The van der Waals surface area contributed by atoms with E-state index in [1.807, 2.05) is 4.90 Å². The van der Waals surface area contributed by atoms with E-state index in [-0.39, 0.29) is 0 Å². The number of carbonyl (C=O) groups is 1. The Morgan fingerprint density at radius 3 is 2.30 bits per heavy atom. The van der Waals surface area contributed by atoms with E-state index < -0.39 is 0 Å². The lowest BCUT2D eigenvalue weighted by Gasteiger charge is -2.58. The summed E-state index contributed by atoms with van der Waals surface area (Å²) in [6.07, 6.45) is 0.948. The van der Waals surface area contributed by atoms with E-state index in [2.05, 4.69) is 11.9 Å². The Labute approximate surface area is 60.6 Å². The molecule has 0 bridgehead atoms. The monoisotopic (exact) mass is 140 g/mol. The lowest BCUT2D eigenvalue weighted by Crippen LogP contribution is -2.70. The molecule has 0 radical (unpaired) electrons. The maximum Gasteiger partial charge on any atom is 0.209 e. The molecule has 2 saturated heterocycles. The van der Waals surface area contributed by atoms with E-state index in [9.17, 15) is 4.79 Å². The molecule has 3 heteroatoms. The zero-order valence-electron chi connectivity index (χ0n) is 6.21. The molecule has 0 unspecified atom stereocenters. The van der Waals surface area contributed by atoms with Crippen LogP contribution < -0.4 is 0 Å². The van der Waals surface area contributed by atoms with Crippen molar-refractivity contribution in [3.8, 4) is 0 Å². The van der Waals surface area contributed by atoms with Gasteiger partial charge in [-0.1, -0.05) is 0 Å². The minimum atomic E-state index is 0.510. The van der Waals surface area contributed by atoms with Crippen molar-refractivity contribution in [3.63, 3.8) is 0 Å². The van der Waals surface area contributed by atoms with Crippen LogP contribution in [0.1, 0.15) is 0 Å². The molecule has 1 amide bonds. The minimum absolute atomic E-state index is 0.510. The summed E-state index contributed by atoms with van der Waals surface area (Å²) in [6, 6.07) is 0.